The first-order valence-electron chi connectivity index (χ1n) is 7.58. The Kier molecular flexibility index (Phi) is 3.92. The van der Waals surface area contributed by atoms with Gasteiger partial charge < -0.3 is 5.32 Å². The smallest absolute Gasteiger partial charge is 0.0511 e. The van der Waals surface area contributed by atoms with Gasteiger partial charge in [-0.15, -0.1) is 0 Å². The summed E-state index contributed by atoms with van der Waals surface area (Å²) in [6.07, 6.45) is 1.07. The normalized spacial score (nSPS) is 12.3. The molecule has 0 bridgehead atoms. The zero-order valence-corrected chi connectivity index (χ0v) is 12.6. The highest BCUT2D eigenvalue weighted by molar-refractivity contribution is 5.85. The molecule has 0 spiro atoms. The molecule has 3 aromatic rings. The predicted octanol–water partition coefficient (Wildman–Crippen LogP) is 5.71. The number of nitrogens with one attached hydrogen (secondary N) is 1. The molecule has 1 atom stereocenters. The Hall–Kier alpha value is -2.28. The van der Waals surface area contributed by atoms with Gasteiger partial charge in [0.25, 0.3) is 0 Å². The maximum absolute atomic E-state index is 3.66. The first-order chi connectivity index (χ1) is 10.3. The number of fused-ring (bicyclic) bond motifs is 1. The summed E-state index contributed by atoms with van der Waals surface area (Å²) in [7, 11) is 0. The summed E-state index contributed by atoms with van der Waals surface area (Å²) in [5.41, 5.74) is 3.83. The molecule has 0 amide bonds. The van der Waals surface area contributed by atoms with E-state index in [0.717, 1.165) is 6.42 Å². The molecular weight excluding hydrogens is 254 g/mol. The highest BCUT2D eigenvalue weighted by Crippen LogP contribution is 2.25. The number of hydrogen-bond donors (Lipinski definition) is 1. The van der Waals surface area contributed by atoms with E-state index in [2.05, 4.69) is 85.9 Å². The van der Waals surface area contributed by atoms with Crippen LogP contribution in [0, 0.1) is 6.92 Å². The van der Waals surface area contributed by atoms with Crippen molar-refractivity contribution in [3.8, 4) is 0 Å². The maximum atomic E-state index is 3.66. The Morgan fingerprint density at radius 3 is 2.29 bits per heavy atom. The Morgan fingerprint density at radius 2 is 1.57 bits per heavy atom. The third-order valence-corrected chi connectivity index (χ3v) is 3.98. The van der Waals surface area contributed by atoms with Crippen LogP contribution in [0.3, 0.4) is 0 Å². The number of rotatable bonds is 4. The SMILES string of the molecule is CCC(Nc1ccc2ccccc2c1)c1ccc(C)cc1. The van der Waals surface area contributed by atoms with Crippen LogP contribution in [0.1, 0.15) is 30.5 Å². The summed E-state index contributed by atoms with van der Waals surface area (Å²) < 4.78 is 0. The van der Waals surface area contributed by atoms with Crippen molar-refractivity contribution in [2.24, 2.45) is 0 Å². The van der Waals surface area contributed by atoms with Crippen LogP contribution in [-0.4, -0.2) is 0 Å². The Labute approximate surface area is 126 Å². The molecule has 0 saturated heterocycles. The molecule has 106 valence electrons. The van der Waals surface area contributed by atoms with Gasteiger partial charge in [-0.3, -0.25) is 0 Å². The summed E-state index contributed by atoms with van der Waals surface area (Å²) >= 11 is 0. The molecule has 3 rings (SSSR count). The van der Waals surface area contributed by atoms with Crippen LogP contribution in [0.2, 0.25) is 0 Å². The summed E-state index contributed by atoms with van der Waals surface area (Å²) in [5.74, 6) is 0. The van der Waals surface area contributed by atoms with E-state index in [0.29, 0.717) is 6.04 Å². The van der Waals surface area contributed by atoms with Crippen LogP contribution in [0.5, 0.6) is 0 Å². The number of aryl methyl sites for hydroxylation is 1. The molecule has 1 heteroatoms. The van der Waals surface area contributed by atoms with Crippen LogP contribution in [-0.2, 0) is 0 Å². The quantitative estimate of drug-likeness (QED) is 0.643. The largest absolute Gasteiger partial charge is 0.378 e. The Morgan fingerprint density at radius 1 is 0.857 bits per heavy atom. The highest BCUT2D eigenvalue weighted by atomic mass is 14.9. The fraction of sp³-hybridized carbons (Fsp3) is 0.200. The van der Waals surface area contributed by atoms with Gasteiger partial charge in [0.1, 0.15) is 0 Å². The lowest BCUT2D eigenvalue weighted by Crippen LogP contribution is -2.09. The van der Waals surface area contributed by atoms with Crippen molar-refractivity contribution in [1.29, 1.82) is 0 Å². The maximum Gasteiger partial charge on any atom is 0.0511 e. The van der Waals surface area contributed by atoms with Gasteiger partial charge in [-0.2, -0.15) is 0 Å². The van der Waals surface area contributed by atoms with Crippen molar-refractivity contribution in [3.05, 3.63) is 77.9 Å². The molecular formula is C20H21N. The minimum atomic E-state index is 0.353. The van der Waals surface area contributed by atoms with Gasteiger partial charge >= 0.3 is 0 Å². The fourth-order valence-corrected chi connectivity index (χ4v) is 2.70. The monoisotopic (exact) mass is 275 g/mol. The molecule has 21 heavy (non-hydrogen) atoms. The number of benzene rings is 3. The van der Waals surface area contributed by atoms with Gasteiger partial charge in [0.05, 0.1) is 6.04 Å². The molecule has 0 aliphatic heterocycles. The molecule has 3 aromatic carbocycles. The molecule has 0 fully saturated rings. The second-order valence-electron chi connectivity index (χ2n) is 5.58. The lowest BCUT2D eigenvalue weighted by Gasteiger charge is -2.19. The Bertz CT molecular complexity index is 728. The number of anilines is 1. The zero-order chi connectivity index (χ0) is 14.7. The van der Waals surface area contributed by atoms with Crippen molar-refractivity contribution in [1.82, 2.24) is 0 Å². The van der Waals surface area contributed by atoms with Crippen molar-refractivity contribution >= 4 is 16.5 Å². The van der Waals surface area contributed by atoms with Crippen molar-refractivity contribution in [3.63, 3.8) is 0 Å². The summed E-state index contributed by atoms with van der Waals surface area (Å²) in [5, 5.41) is 6.22. The van der Waals surface area contributed by atoms with Gasteiger partial charge in [0.15, 0.2) is 0 Å². The molecule has 0 aromatic heterocycles. The lowest BCUT2D eigenvalue weighted by molar-refractivity contribution is 0.749. The average molecular weight is 275 g/mol. The number of hydrogen-bond acceptors (Lipinski definition) is 1. The van der Waals surface area contributed by atoms with Crippen LogP contribution >= 0.6 is 0 Å². The first kappa shape index (κ1) is 13.7. The molecule has 1 unspecified atom stereocenters. The van der Waals surface area contributed by atoms with E-state index in [1.54, 1.807) is 0 Å². The minimum absolute atomic E-state index is 0.353. The molecule has 0 saturated carbocycles. The molecule has 0 heterocycles. The van der Waals surface area contributed by atoms with Gasteiger partial charge in [0, 0.05) is 5.69 Å². The van der Waals surface area contributed by atoms with Crippen LogP contribution < -0.4 is 5.32 Å². The second kappa shape index (κ2) is 6.01. The predicted molar refractivity (Wildman–Crippen MR) is 91.8 cm³/mol. The topological polar surface area (TPSA) is 12.0 Å². The lowest BCUT2D eigenvalue weighted by atomic mass is 10.0. The van der Waals surface area contributed by atoms with E-state index in [4.69, 9.17) is 0 Å². The van der Waals surface area contributed by atoms with Crippen molar-refractivity contribution in [2.75, 3.05) is 5.32 Å². The van der Waals surface area contributed by atoms with Gasteiger partial charge in [-0.25, -0.2) is 0 Å². The average Bonchev–Trinajstić information content (AvgIpc) is 2.53. The van der Waals surface area contributed by atoms with Gasteiger partial charge in [-0.05, 0) is 41.8 Å². The van der Waals surface area contributed by atoms with Gasteiger partial charge in [-0.1, -0.05) is 67.1 Å². The summed E-state index contributed by atoms with van der Waals surface area (Å²) in [4.78, 5) is 0. The van der Waals surface area contributed by atoms with Crippen LogP contribution in [0.25, 0.3) is 10.8 Å². The standard InChI is InChI=1S/C20H21N/c1-3-20(17-10-8-15(2)9-11-17)21-19-13-12-16-6-4-5-7-18(16)14-19/h4-14,20-21H,3H2,1-2H3. The third kappa shape index (κ3) is 3.08. The third-order valence-electron chi connectivity index (χ3n) is 3.98. The van der Waals surface area contributed by atoms with E-state index < -0.39 is 0 Å². The van der Waals surface area contributed by atoms with E-state index in [1.807, 2.05) is 0 Å². The van der Waals surface area contributed by atoms with Crippen molar-refractivity contribution < 1.29 is 0 Å². The molecule has 1 N–H and O–H groups in total. The van der Waals surface area contributed by atoms with E-state index >= 15 is 0 Å². The van der Waals surface area contributed by atoms with E-state index in [1.165, 1.54) is 27.6 Å². The molecule has 0 radical (unpaired) electrons. The first-order valence-corrected chi connectivity index (χ1v) is 7.58. The molecule has 1 nitrogen and oxygen atoms in total. The van der Waals surface area contributed by atoms with E-state index in [-0.39, 0.29) is 0 Å². The summed E-state index contributed by atoms with van der Waals surface area (Å²) in [6, 6.07) is 24.2. The minimum Gasteiger partial charge on any atom is -0.378 e. The van der Waals surface area contributed by atoms with E-state index in [9.17, 15) is 0 Å². The highest BCUT2D eigenvalue weighted by Gasteiger charge is 2.09. The summed E-state index contributed by atoms with van der Waals surface area (Å²) in [6.45, 7) is 4.35. The second-order valence-corrected chi connectivity index (χ2v) is 5.58. The van der Waals surface area contributed by atoms with Crippen LogP contribution in [0.15, 0.2) is 66.7 Å². The van der Waals surface area contributed by atoms with Crippen LogP contribution in [0.4, 0.5) is 5.69 Å². The molecule has 0 aliphatic rings. The zero-order valence-electron chi connectivity index (χ0n) is 12.6. The fourth-order valence-electron chi connectivity index (χ4n) is 2.70. The Balaban J connectivity index is 1.86. The van der Waals surface area contributed by atoms with Crippen molar-refractivity contribution in [2.45, 2.75) is 26.3 Å². The van der Waals surface area contributed by atoms with Gasteiger partial charge in [0.2, 0.25) is 0 Å². The molecule has 0 aliphatic carbocycles.